The molecule has 16 heavy (non-hydrogen) atoms. The highest BCUT2D eigenvalue weighted by Gasteiger charge is 2.26. The standard InChI is InChI=1S/C11H16BrNO2S/c1-11(2,10(14)15)7-13-6-5-8-3-4-9(12)16-8/h3-4,13H,5-7H2,1-2H3,(H,14,15). The van der Waals surface area contributed by atoms with Gasteiger partial charge in [0.25, 0.3) is 0 Å². The Hall–Kier alpha value is -0.390. The van der Waals surface area contributed by atoms with Crippen molar-refractivity contribution in [3.63, 3.8) is 0 Å². The first-order valence-corrected chi connectivity index (χ1v) is 6.71. The van der Waals surface area contributed by atoms with Crippen molar-refractivity contribution >= 4 is 33.2 Å². The highest BCUT2D eigenvalue weighted by atomic mass is 79.9. The van der Waals surface area contributed by atoms with E-state index in [-0.39, 0.29) is 0 Å². The molecule has 0 unspecified atom stereocenters. The predicted molar refractivity (Wildman–Crippen MR) is 70.0 cm³/mol. The van der Waals surface area contributed by atoms with Gasteiger partial charge < -0.3 is 10.4 Å². The summed E-state index contributed by atoms with van der Waals surface area (Å²) < 4.78 is 1.13. The average molecular weight is 306 g/mol. The van der Waals surface area contributed by atoms with Gasteiger partial charge in [0, 0.05) is 11.4 Å². The minimum absolute atomic E-state index is 0.495. The molecule has 0 bridgehead atoms. The van der Waals surface area contributed by atoms with E-state index in [2.05, 4.69) is 27.3 Å². The number of hydrogen-bond donors (Lipinski definition) is 2. The molecule has 0 fully saturated rings. The van der Waals surface area contributed by atoms with E-state index in [0.717, 1.165) is 16.8 Å². The van der Waals surface area contributed by atoms with Crippen LogP contribution >= 0.6 is 27.3 Å². The molecule has 0 spiro atoms. The smallest absolute Gasteiger partial charge is 0.310 e. The second-order valence-electron chi connectivity index (χ2n) is 4.32. The Balaban J connectivity index is 2.24. The number of nitrogens with one attached hydrogen (secondary N) is 1. The van der Waals surface area contributed by atoms with Gasteiger partial charge in [-0.25, -0.2) is 0 Å². The number of carbonyl (C=O) groups is 1. The quantitative estimate of drug-likeness (QED) is 0.795. The fourth-order valence-corrected chi connectivity index (χ4v) is 2.66. The molecule has 5 heteroatoms. The molecule has 1 aromatic heterocycles. The van der Waals surface area contributed by atoms with E-state index in [1.807, 2.05) is 6.07 Å². The highest BCUT2D eigenvalue weighted by Crippen LogP contribution is 2.22. The van der Waals surface area contributed by atoms with Crippen LogP contribution in [0, 0.1) is 5.41 Å². The van der Waals surface area contributed by atoms with Crippen LogP contribution < -0.4 is 5.32 Å². The lowest BCUT2D eigenvalue weighted by molar-refractivity contribution is -0.146. The Kier molecular flexibility index (Phi) is 4.95. The molecule has 0 aliphatic heterocycles. The number of carboxylic acid groups (broad SMARTS) is 1. The second kappa shape index (κ2) is 5.80. The fraction of sp³-hybridized carbons (Fsp3) is 0.545. The zero-order chi connectivity index (χ0) is 12.2. The molecule has 0 amide bonds. The van der Waals surface area contributed by atoms with Crippen molar-refractivity contribution in [1.82, 2.24) is 5.32 Å². The van der Waals surface area contributed by atoms with Crippen LogP contribution in [-0.2, 0) is 11.2 Å². The van der Waals surface area contributed by atoms with Gasteiger partial charge >= 0.3 is 5.97 Å². The third-order valence-corrected chi connectivity index (χ3v) is 4.01. The molecule has 1 rings (SSSR count). The maximum atomic E-state index is 10.8. The molecule has 0 saturated heterocycles. The first-order chi connectivity index (χ1) is 7.42. The summed E-state index contributed by atoms with van der Waals surface area (Å²) in [7, 11) is 0. The minimum atomic E-state index is -0.765. The molecule has 90 valence electrons. The molecule has 0 atom stereocenters. The summed E-state index contributed by atoms with van der Waals surface area (Å²) in [5.74, 6) is -0.765. The number of carboxylic acids is 1. The van der Waals surface area contributed by atoms with E-state index in [0.29, 0.717) is 6.54 Å². The van der Waals surface area contributed by atoms with Gasteiger partial charge in [0.05, 0.1) is 9.20 Å². The van der Waals surface area contributed by atoms with Crippen molar-refractivity contribution < 1.29 is 9.90 Å². The van der Waals surface area contributed by atoms with Gasteiger partial charge in [0.2, 0.25) is 0 Å². The number of halogens is 1. The van der Waals surface area contributed by atoms with E-state index >= 15 is 0 Å². The summed E-state index contributed by atoms with van der Waals surface area (Å²) in [6.45, 7) is 4.76. The maximum absolute atomic E-state index is 10.8. The highest BCUT2D eigenvalue weighted by molar-refractivity contribution is 9.11. The molecule has 1 aromatic rings. The summed E-state index contributed by atoms with van der Waals surface area (Å²) in [6, 6.07) is 4.11. The number of hydrogen-bond acceptors (Lipinski definition) is 3. The normalized spacial score (nSPS) is 11.7. The van der Waals surface area contributed by atoms with Gasteiger partial charge in [-0.2, -0.15) is 0 Å². The van der Waals surface area contributed by atoms with Crippen LogP contribution in [0.1, 0.15) is 18.7 Å². The first kappa shape index (κ1) is 13.7. The summed E-state index contributed by atoms with van der Waals surface area (Å²) in [6.07, 6.45) is 0.936. The van der Waals surface area contributed by atoms with Gasteiger partial charge in [-0.05, 0) is 54.9 Å². The number of rotatable bonds is 6. The molecule has 0 radical (unpaired) electrons. The van der Waals surface area contributed by atoms with Gasteiger partial charge in [-0.15, -0.1) is 11.3 Å². The van der Waals surface area contributed by atoms with E-state index in [4.69, 9.17) is 5.11 Å². The molecule has 0 aliphatic rings. The van der Waals surface area contributed by atoms with Gasteiger partial charge in [-0.3, -0.25) is 4.79 Å². The SMILES string of the molecule is CC(C)(CNCCc1ccc(Br)s1)C(=O)O. The van der Waals surface area contributed by atoms with E-state index < -0.39 is 11.4 Å². The molecule has 0 aromatic carbocycles. The third-order valence-electron chi connectivity index (χ3n) is 2.32. The number of thiophene rings is 1. The lowest BCUT2D eigenvalue weighted by Gasteiger charge is -2.19. The Morgan fingerprint density at radius 2 is 2.25 bits per heavy atom. The van der Waals surface area contributed by atoms with Crippen molar-refractivity contribution in [3.8, 4) is 0 Å². The molecular formula is C11H16BrNO2S. The Morgan fingerprint density at radius 3 is 2.75 bits per heavy atom. The van der Waals surface area contributed by atoms with Crippen LogP contribution in [0.3, 0.4) is 0 Å². The first-order valence-electron chi connectivity index (χ1n) is 5.10. The molecular weight excluding hydrogens is 290 g/mol. The molecule has 2 N–H and O–H groups in total. The zero-order valence-electron chi connectivity index (χ0n) is 9.42. The molecule has 1 heterocycles. The Bertz CT molecular complexity index is 363. The summed E-state index contributed by atoms with van der Waals surface area (Å²) in [5, 5.41) is 12.1. The van der Waals surface area contributed by atoms with Crippen LogP contribution in [0.15, 0.2) is 15.9 Å². The van der Waals surface area contributed by atoms with Crippen LogP contribution in [0.4, 0.5) is 0 Å². The largest absolute Gasteiger partial charge is 0.481 e. The molecule has 0 aliphatic carbocycles. The van der Waals surface area contributed by atoms with Crippen molar-refractivity contribution in [2.45, 2.75) is 20.3 Å². The predicted octanol–water partition coefficient (Wildman–Crippen LogP) is 2.75. The third kappa shape index (κ3) is 4.23. The number of aliphatic carboxylic acids is 1. The van der Waals surface area contributed by atoms with Gasteiger partial charge in [0.1, 0.15) is 0 Å². The van der Waals surface area contributed by atoms with Crippen LogP contribution in [0.5, 0.6) is 0 Å². The zero-order valence-corrected chi connectivity index (χ0v) is 11.8. The molecule has 0 saturated carbocycles. The van der Waals surface area contributed by atoms with Crippen molar-refractivity contribution in [3.05, 3.63) is 20.8 Å². The van der Waals surface area contributed by atoms with E-state index in [1.54, 1.807) is 25.2 Å². The van der Waals surface area contributed by atoms with Crippen LogP contribution in [0.25, 0.3) is 0 Å². The topological polar surface area (TPSA) is 49.3 Å². The summed E-state index contributed by atoms with van der Waals surface area (Å²) in [4.78, 5) is 12.1. The van der Waals surface area contributed by atoms with E-state index in [9.17, 15) is 4.79 Å². The van der Waals surface area contributed by atoms with Crippen LogP contribution in [-0.4, -0.2) is 24.2 Å². The molecule has 3 nitrogen and oxygen atoms in total. The Morgan fingerprint density at radius 1 is 1.56 bits per heavy atom. The van der Waals surface area contributed by atoms with Gasteiger partial charge in [0.15, 0.2) is 0 Å². The van der Waals surface area contributed by atoms with Crippen LogP contribution in [0.2, 0.25) is 0 Å². The minimum Gasteiger partial charge on any atom is -0.481 e. The summed E-state index contributed by atoms with van der Waals surface area (Å²) >= 11 is 5.12. The van der Waals surface area contributed by atoms with E-state index in [1.165, 1.54) is 4.88 Å². The maximum Gasteiger partial charge on any atom is 0.310 e. The average Bonchev–Trinajstić information content (AvgIpc) is 2.59. The Labute approximate surface area is 108 Å². The van der Waals surface area contributed by atoms with Crippen molar-refractivity contribution in [2.75, 3.05) is 13.1 Å². The monoisotopic (exact) mass is 305 g/mol. The van der Waals surface area contributed by atoms with Gasteiger partial charge in [-0.1, -0.05) is 0 Å². The second-order valence-corrected chi connectivity index (χ2v) is 6.87. The summed E-state index contributed by atoms with van der Waals surface area (Å²) in [5.41, 5.74) is -0.698. The lowest BCUT2D eigenvalue weighted by atomic mass is 9.94. The van der Waals surface area contributed by atoms with Crippen molar-refractivity contribution in [2.24, 2.45) is 5.41 Å². The lowest BCUT2D eigenvalue weighted by Crippen LogP contribution is -2.36. The van der Waals surface area contributed by atoms with Crippen molar-refractivity contribution in [1.29, 1.82) is 0 Å². The fourth-order valence-electron chi connectivity index (χ4n) is 1.17.